The molecule has 0 fully saturated rings. The highest BCUT2D eigenvalue weighted by Crippen LogP contribution is 2.38. The smallest absolute Gasteiger partial charge is 0.303 e. The molecule has 1 unspecified atom stereocenters. The lowest BCUT2D eigenvalue weighted by Crippen LogP contribution is -2.40. The Morgan fingerprint density at radius 1 is 1.65 bits per heavy atom. The Balaban J connectivity index is 2.15. The zero-order valence-electron chi connectivity index (χ0n) is 9.72. The summed E-state index contributed by atoms with van der Waals surface area (Å²) in [5.41, 5.74) is 7.36. The lowest BCUT2D eigenvalue weighted by atomic mass is 10.1. The Hall–Kier alpha value is -1.91. The lowest BCUT2D eigenvalue weighted by Gasteiger charge is -2.36. The normalized spacial score (nSPS) is 18.4. The Morgan fingerprint density at radius 3 is 3.12 bits per heavy atom. The van der Waals surface area contributed by atoms with Gasteiger partial charge in [0, 0.05) is 13.5 Å². The van der Waals surface area contributed by atoms with Gasteiger partial charge in [0.25, 0.3) is 0 Å². The van der Waals surface area contributed by atoms with Crippen molar-refractivity contribution in [3.8, 4) is 5.75 Å². The fourth-order valence-electron chi connectivity index (χ4n) is 2.03. The van der Waals surface area contributed by atoms with Gasteiger partial charge in [0.1, 0.15) is 6.61 Å². The summed E-state index contributed by atoms with van der Waals surface area (Å²) in [6, 6.07) is 5.68. The Kier molecular flexibility index (Phi) is 3.08. The fraction of sp³-hybridized carbons (Fsp3) is 0.417. The summed E-state index contributed by atoms with van der Waals surface area (Å²) in [4.78, 5) is 12.6. The highest BCUT2D eigenvalue weighted by atomic mass is 16.5. The maximum absolute atomic E-state index is 10.6. The minimum atomic E-state index is -0.781. The largest absolute Gasteiger partial charge is 0.487 e. The van der Waals surface area contributed by atoms with Crippen LogP contribution in [0.2, 0.25) is 0 Å². The van der Waals surface area contributed by atoms with Crippen LogP contribution in [0.25, 0.3) is 0 Å². The maximum Gasteiger partial charge on any atom is 0.303 e. The molecule has 5 heteroatoms. The molecule has 1 atom stereocenters. The number of hydrogen-bond acceptors (Lipinski definition) is 4. The van der Waals surface area contributed by atoms with Gasteiger partial charge in [-0.3, -0.25) is 4.79 Å². The number of carbonyl (C=O) groups is 1. The van der Waals surface area contributed by atoms with Gasteiger partial charge in [0.15, 0.2) is 5.75 Å². The molecule has 0 aromatic heterocycles. The summed E-state index contributed by atoms with van der Waals surface area (Å²) in [5, 5.41) is 8.69. The van der Waals surface area contributed by atoms with Crippen LogP contribution in [-0.4, -0.2) is 30.8 Å². The van der Waals surface area contributed by atoms with Crippen molar-refractivity contribution in [3.63, 3.8) is 0 Å². The van der Waals surface area contributed by atoms with Crippen LogP contribution in [0.4, 0.5) is 11.4 Å². The number of carboxylic acid groups (broad SMARTS) is 1. The van der Waals surface area contributed by atoms with Gasteiger partial charge in [-0.05, 0) is 18.6 Å². The van der Waals surface area contributed by atoms with Crippen LogP contribution >= 0.6 is 0 Å². The zero-order valence-corrected chi connectivity index (χ0v) is 9.72. The van der Waals surface area contributed by atoms with Crippen molar-refractivity contribution in [1.29, 1.82) is 0 Å². The SMILES string of the molecule is CN1c2cccc(N)c2OCC1CCC(=O)O. The molecule has 1 aliphatic heterocycles. The zero-order chi connectivity index (χ0) is 12.4. The van der Waals surface area contributed by atoms with E-state index in [0.717, 1.165) is 5.69 Å². The van der Waals surface area contributed by atoms with Crippen molar-refractivity contribution in [2.24, 2.45) is 0 Å². The second-order valence-corrected chi connectivity index (χ2v) is 4.20. The summed E-state index contributed by atoms with van der Waals surface area (Å²) in [7, 11) is 1.94. The Labute approximate surface area is 99.8 Å². The topological polar surface area (TPSA) is 75.8 Å². The molecule has 92 valence electrons. The number of anilines is 2. The van der Waals surface area contributed by atoms with Gasteiger partial charge < -0.3 is 20.5 Å². The quantitative estimate of drug-likeness (QED) is 0.774. The lowest BCUT2D eigenvalue weighted by molar-refractivity contribution is -0.137. The molecule has 0 saturated heterocycles. The van der Waals surface area contributed by atoms with Crippen molar-refractivity contribution in [2.45, 2.75) is 18.9 Å². The molecule has 1 aromatic carbocycles. The predicted molar refractivity (Wildman–Crippen MR) is 65.4 cm³/mol. The number of benzene rings is 1. The van der Waals surface area contributed by atoms with E-state index in [0.29, 0.717) is 24.5 Å². The molecular formula is C12H16N2O3. The molecule has 1 heterocycles. The summed E-state index contributed by atoms with van der Waals surface area (Å²) < 4.78 is 5.61. The van der Waals surface area contributed by atoms with Crippen LogP contribution in [0.1, 0.15) is 12.8 Å². The third-order valence-electron chi connectivity index (χ3n) is 3.06. The van der Waals surface area contributed by atoms with Gasteiger partial charge in [-0.15, -0.1) is 0 Å². The fourth-order valence-corrected chi connectivity index (χ4v) is 2.03. The summed E-state index contributed by atoms with van der Waals surface area (Å²) >= 11 is 0. The van der Waals surface area contributed by atoms with Crippen molar-refractivity contribution in [2.75, 3.05) is 24.3 Å². The molecule has 3 N–H and O–H groups in total. The van der Waals surface area contributed by atoms with Crippen molar-refractivity contribution in [1.82, 2.24) is 0 Å². The molecule has 1 aromatic rings. The van der Waals surface area contributed by atoms with E-state index in [1.165, 1.54) is 0 Å². The number of fused-ring (bicyclic) bond motifs is 1. The summed E-state index contributed by atoms with van der Waals surface area (Å²) in [6.45, 7) is 0.477. The highest BCUT2D eigenvalue weighted by molar-refractivity contribution is 5.72. The first kappa shape index (κ1) is 11.6. The van der Waals surface area contributed by atoms with Gasteiger partial charge >= 0.3 is 5.97 Å². The van der Waals surface area contributed by atoms with Crippen LogP contribution in [0, 0.1) is 0 Å². The first-order chi connectivity index (χ1) is 8.09. The van der Waals surface area contributed by atoms with Gasteiger partial charge in [0.05, 0.1) is 17.4 Å². The standard InChI is InChI=1S/C12H16N2O3/c1-14-8(5-6-11(15)16)7-17-12-9(13)3-2-4-10(12)14/h2-4,8H,5-7,13H2,1H3,(H,15,16). The van der Waals surface area contributed by atoms with E-state index in [4.69, 9.17) is 15.6 Å². The monoisotopic (exact) mass is 236 g/mol. The highest BCUT2D eigenvalue weighted by Gasteiger charge is 2.26. The Bertz CT molecular complexity index is 434. The van der Waals surface area contributed by atoms with E-state index in [1.807, 2.05) is 24.1 Å². The van der Waals surface area contributed by atoms with Crippen LogP contribution < -0.4 is 15.4 Å². The van der Waals surface area contributed by atoms with E-state index in [9.17, 15) is 4.79 Å². The maximum atomic E-state index is 10.6. The number of aliphatic carboxylic acids is 1. The van der Waals surface area contributed by atoms with Gasteiger partial charge in [-0.2, -0.15) is 0 Å². The Morgan fingerprint density at radius 2 is 2.41 bits per heavy atom. The third kappa shape index (κ3) is 2.27. The molecule has 0 amide bonds. The van der Waals surface area contributed by atoms with Crippen molar-refractivity contribution in [3.05, 3.63) is 18.2 Å². The van der Waals surface area contributed by atoms with Crippen molar-refractivity contribution < 1.29 is 14.6 Å². The van der Waals surface area contributed by atoms with Gasteiger partial charge in [0.2, 0.25) is 0 Å². The number of nitrogens with zero attached hydrogens (tertiary/aromatic N) is 1. The molecule has 0 aliphatic carbocycles. The van der Waals surface area contributed by atoms with Gasteiger partial charge in [-0.1, -0.05) is 6.07 Å². The van der Waals surface area contributed by atoms with E-state index in [-0.39, 0.29) is 12.5 Å². The summed E-state index contributed by atoms with van der Waals surface area (Å²) in [5.74, 6) is -0.0849. The second kappa shape index (κ2) is 4.53. The number of carboxylic acids is 1. The van der Waals surface area contributed by atoms with E-state index >= 15 is 0 Å². The van der Waals surface area contributed by atoms with Crippen LogP contribution in [0.3, 0.4) is 0 Å². The number of hydrogen-bond donors (Lipinski definition) is 2. The van der Waals surface area contributed by atoms with Gasteiger partial charge in [-0.25, -0.2) is 0 Å². The third-order valence-corrected chi connectivity index (χ3v) is 3.06. The molecule has 5 nitrogen and oxygen atoms in total. The molecule has 0 bridgehead atoms. The number of para-hydroxylation sites is 1. The van der Waals surface area contributed by atoms with E-state index < -0.39 is 5.97 Å². The molecule has 0 saturated carbocycles. The van der Waals surface area contributed by atoms with E-state index in [2.05, 4.69) is 0 Å². The first-order valence-corrected chi connectivity index (χ1v) is 5.55. The van der Waals surface area contributed by atoms with Crippen LogP contribution in [0.5, 0.6) is 5.75 Å². The minimum absolute atomic E-state index is 0.0837. The number of likely N-dealkylation sites (N-methyl/N-ethyl adjacent to an activating group) is 1. The molecular weight excluding hydrogens is 220 g/mol. The molecule has 17 heavy (non-hydrogen) atoms. The van der Waals surface area contributed by atoms with Crippen LogP contribution in [-0.2, 0) is 4.79 Å². The number of ether oxygens (including phenoxy) is 1. The summed E-state index contributed by atoms with van der Waals surface area (Å²) in [6.07, 6.45) is 0.718. The molecule has 0 radical (unpaired) electrons. The average molecular weight is 236 g/mol. The molecule has 1 aliphatic rings. The number of rotatable bonds is 3. The second-order valence-electron chi connectivity index (χ2n) is 4.20. The number of nitrogen functional groups attached to an aromatic ring is 1. The van der Waals surface area contributed by atoms with E-state index in [1.54, 1.807) is 6.07 Å². The molecule has 0 spiro atoms. The minimum Gasteiger partial charge on any atom is -0.487 e. The molecule has 2 rings (SSSR count). The number of nitrogens with two attached hydrogens (primary N) is 1. The van der Waals surface area contributed by atoms with Crippen LogP contribution in [0.15, 0.2) is 18.2 Å². The first-order valence-electron chi connectivity index (χ1n) is 5.55. The average Bonchev–Trinajstić information content (AvgIpc) is 2.29. The predicted octanol–water partition coefficient (Wildman–Crippen LogP) is 1.33. The van der Waals surface area contributed by atoms with Crippen molar-refractivity contribution >= 4 is 17.3 Å².